The zero-order valence-corrected chi connectivity index (χ0v) is 23.5. The highest BCUT2D eigenvalue weighted by molar-refractivity contribution is 8.30. The highest BCUT2D eigenvalue weighted by atomic mass is 32.2. The van der Waals surface area contributed by atoms with Crippen molar-refractivity contribution in [3.05, 3.63) is 115 Å². The lowest BCUT2D eigenvalue weighted by atomic mass is 10.2. The van der Waals surface area contributed by atoms with Crippen molar-refractivity contribution in [2.24, 2.45) is 13.8 Å². The quantitative estimate of drug-likeness (QED) is 0.278. The molecule has 0 N–H and O–H groups in total. The molecule has 1 aliphatic heterocycles. The van der Waals surface area contributed by atoms with Crippen molar-refractivity contribution in [3.8, 4) is 5.75 Å². The van der Waals surface area contributed by atoms with Gasteiger partial charge in [0.25, 0.3) is 20.0 Å². The SMILES string of the molecule is COc1ccc(N2C(=Nc3ccccc3)SC(=NS(=O)(=O)c3ccccc3)/C2=N\S(=O)(=O)c2ccccc2)cc1. The first kappa shape index (κ1) is 27.3. The molecule has 40 heavy (non-hydrogen) atoms. The number of nitrogens with zero attached hydrogens (tertiary/aromatic N) is 4. The summed E-state index contributed by atoms with van der Waals surface area (Å²) in [6, 6.07) is 31.1. The number of rotatable bonds is 7. The summed E-state index contributed by atoms with van der Waals surface area (Å²) < 4.78 is 66.8. The van der Waals surface area contributed by atoms with E-state index in [0.29, 0.717) is 17.1 Å². The fourth-order valence-corrected chi connectivity index (χ4v) is 6.91. The van der Waals surface area contributed by atoms with E-state index in [1.807, 2.05) is 6.07 Å². The Bertz CT molecular complexity index is 1810. The third-order valence-electron chi connectivity index (χ3n) is 5.59. The van der Waals surface area contributed by atoms with Crippen LogP contribution >= 0.6 is 11.8 Å². The summed E-state index contributed by atoms with van der Waals surface area (Å²) >= 11 is 0.904. The lowest BCUT2D eigenvalue weighted by molar-refractivity contribution is 0.415. The van der Waals surface area contributed by atoms with Gasteiger partial charge in [-0.2, -0.15) is 16.8 Å². The van der Waals surface area contributed by atoms with E-state index in [0.717, 1.165) is 11.8 Å². The van der Waals surface area contributed by atoms with Crippen LogP contribution in [-0.2, 0) is 20.0 Å². The van der Waals surface area contributed by atoms with Crippen molar-refractivity contribution in [3.63, 3.8) is 0 Å². The van der Waals surface area contributed by atoms with E-state index in [-0.39, 0.29) is 25.8 Å². The molecular weight excluding hydrogens is 569 g/mol. The molecule has 1 heterocycles. The van der Waals surface area contributed by atoms with Crippen molar-refractivity contribution in [1.82, 2.24) is 0 Å². The van der Waals surface area contributed by atoms with Crippen LogP contribution in [0.25, 0.3) is 0 Å². The molecule has 0 saturated carbocycles. The van der Waals surface area contributed by atoms with Gasteiger partial charge >= 0.3 is 0 Å². The second-order valence-electron chi connectivity index (χ2n) is 8.25. The number of ether oxygens (including phenoxy) is 1. The van der Waals surface area contributed by atoms with Crippen LogP contribution in [0, 0.1) is 0 Å². The van der Waals surface area contributed by atoms with E-state index in [1.165, 1.54) is 36.3 Å². The fraction of sp³-hybridized carbons (Fsp3) is 0.0357. The number of thioether (sulfide) groups is 1. The van der Waals surface area contributed by atoms with Gasteiger partial charge in [0.1, 0.15) is 5.75 Å². The number of benzene rings is 4. The maximum Gasteiger partial charge on any atom is 0.284 e. The average molecular weight is 591 g/mol. The van der Waals surface area contributed by atoms with E-state index >= 15 is 0 Å². The second kappa shape index (κ2) is 11.5. The minimum absolute atomic E-state index is 0.0437. The highest BCUT2D eigenvalue weighted by Crippen LogP contribution is 2.34. The summed E-state index contributed by atoms with van der Waals surface area (Å²) in [6.45, 7) is 0. The Labute approximate surface area is 236 Å². The molecule has 0 unspecified atom stereocenters. The van der Waals surface area contributed by atoms with Gasteiger partial charge in [-0.15, -0.1) is 8.80 Å². The smallest absolute Gasteiger partial charge is 0.284 e. The van der Waals surface area contributed by atoms with Crippen LogP contribution in [0.1, 0.15) is 0 Å². The van der Waals surface area contributed by atoms with Gasteiger partial charge in [0, 0.05) is 5.69 Å². The average Bonchev–Trinajstić information content (AvgIpc) is 3.29. The van der Waals surface area contributed by atoms with E-state index in [1.54, 1.807) is 84.9 Å². The molecule has 0 spiro atoms. The number of anilines is 1. The predicted molar refractivity (Wildman–Crippen MR) is 159 cm³/mol. The summed E-state index contributed by atoms with van der Waals surface area (Å²) in [7, 11) is -6.96. The van der Waals surface area contributed by atoms with Crippen molar-refractivity contribution < 1.29 is 21.6 Å². The standard InChI is InChI=1S/C28H22N4O5S3/c1-37-23-19-17-22(18-20-23)32-26(30-39(33,34)24-13-7-3-8-14-24)27(31-40(35,36)25-15-9-4-10-16-25)38-28(32)29-21-11-5-2-6-12-21/h2-20H,1H3/b29-28?,30-26+,31-27?. The first-order valence-corrected chi connectivity index (χ1v) is 15.5. The summed E-state index contributed by atoms with van der Waals surface area (Å²) in [5.74, 6) is 0.376. The molecule has 0 radical (unpaired) electrons. The van der Waals surface area contributed by atoms with E-state index < -0.39 is 20.0 Å². The molecule has 12 heteroatoms. The molecule has 0 amide bonds. The summed E-state index contributed by atoms with van der Waals surface area (Å²) in [5, 5.41) is 0.120. The highest BCUT2D eigenvalue weighted by Gasteiger charge is 2.38. The van der Waals surface area contributed by atoms with Crippen LogP contribution in [-0.4, -0.2) is 40.0 Å². The largest absolute Gasteiger partial charge is 0.497 e. The zero-order valence-electron chi connectivity index (χ0n) is 21.0. The Morgan fingerprint density at radius 2 is 1.15 bits per heavy atom. The third kappa shape index (κ3) is 5.98. The number of aliphatic imine (C=N–C) groups is 1. The second-order valence-corrected chi connectivity index (χ2v) is 12.4. The molecular formula is C28H22N4O5S3. The van der Waals surface area contributed by atoms with Crippen LogP contribution in [0.3, 0.4) is 0 Å². The zero-order chi connectivity index (χ0) is 28.2. The molecule has 0 aliphatic carbocycles. The van der Waals surface area contributed by atoms with Gasteiger partial charge in [-0.25, -0.2) is 4.99 Å². The van der Waals surface area contributed by atoms with Gasteiger partial charge in [-0.3, -0.25) is 4.90 Å². The van der Waals surface area contributed by atoms with Gasteiger partial charge in [0.05, 0.1) is 22.6 Å². The Kier molecular flexibility index (Phi) is 7.83. The van der Waals surface area contributed by atoms with Gasteiger partial charge in [0.2, 0.25) is 0 Å². The van der Waals surface area contributed by atoms with Crippen LogP contribution in [0.2, 0.25) is 0 Å². The third-order valence-corrected chi connectivity index (χ3v) is 9.20. The van der Waals surface area contributed by atoms with E-state index in [4.69, 9.17) is 4.74 Å². The summed E-state index contributed by atoms with van der Waals surface area (Å²) in [4.78, 5) is 6.06. The summed E-state index contributed by atoms with van der Waals surface area (Å²) in [5.41, 5.74) is 1.05. The number of para-hydroxylation sites is 1. The predicted octanol–water partition coefficient (Wildman–Crippen LogP) is 5.51. The number of amidine groups is 2. The lowest BCUT2D eigenvalue weighted by Gasteiger charge is -2.19. The van der Waals surface area contributed by atoms with Crippen LogP contribution < -0.4 is 9.64 Å². The fourth-order valence-electron chi connectivity index (χ4n) is 3.67. The Morgan fingerprint density at radius 3 is 1.68 bits per heavy atom. The van der Waals surface area contributed by atoms with Crippen molar-refractivity contribution >= 4 is 59.2 Å². The number of hydrogen-bond donors (Lipinski definition) is 0. The van der Waals surface area contributed by atoms with Crippen molar-refractivity contribution in [2.45, 2.75) is 9.79 Å². The van der Waals surface area contributed by atoms with Crippen molar-refractivity contribution in [1.29, 1.82) is 0 Å². The minimum atomic E-state index is -4.27. The summed E-state index contributed by atoms with van der Waals surface area (Å²) in [6.07, 6.45) is 0. The molecule has 202 valence electrons. The maximum atomic E-state index is 13.4. The molecule has 0 atom stereocenters. The lowest BCUT2D eigenvalue weighted by Crippen LogP contribution is -2.32. The number of hydrogen-bond acceptors (Lipinski definition) is 7. The van der Waals surface area contributed by atoms with Gasteiger partial charge in [-0.05, 0) is 72.4 Å². The molecule has 5 rings (SSSR count). The van der Waals surface area contributed by atoms with Gasteiger partial charge in [-0.1, -0.05) is 54.6 Å². The van der Waals surface area contributed by atoms with Gasteiger partial charge in [0.15, 0.2) is 16.0 Å². The maximum absolute atomic E-state index is 13.4. The van der Waals surface area contributed by atoms with E-state index in [2.05, 4.69) is 13.8 Å². The normalized spacial score (nSPS) is 17.0. The topological polar surface area (TPSA) is 118 Å². The Balaban J connectivity index is 1.75. The Morgan fingerprint density at radius 1 is 0.650 bits per heavy atom. The molecule has 0 bridgehead atoms. The monoisotopic (exact) mass is 590 g/mol. The van der Waals surface area contributed by atoms with Gasteiger partial charge < -0.3 is 4.74 Å². The molecule has 4 aromatic carbocycles. The molecule has 1 aliphatic rings. The molecule has 1 fully saturated rings. The van der Waals surface area contributed by atoms with E-state index in [9.17, 15) is 16.8 Å². The first-order chi connectivity index (χ1) is 19.3. The van der Waals surface area contributed by atoms with Crippen LogP contribution in [0.4, 0.5) is 11.4 Å². The minimum Gasteiger partial charge on any atom is -0.497 e. The number of methoxy groups -OCH3 is 1. The molecule has 9 nitrogen and oxygen atoms in total. The molecule has 4 aromatic rings. The molecule has 1 saturated heterocycles. The first-order valence-electron chi connectivity index (χ1n) is 11.8. The van der Waals surface area contributed by atoms with Crippen LogP contribution in [0.15, 0.2) is 139 Å². The Hall–Kier alpha value is -4.26. The number of sulfonamides is 2. The van der Waals surface area contributed by atoms with Crippen LogP contribution in [0.5, 0.6) is 5.75 Å². The molecule has 0 aromatic heterocycles. The van der Waals surface area contributed by atoms with Crippen molar-refractivity contribution in [2.75, 3.05) is 12.0 Å².